The van der Waals surface area contributed by atoms with Gasteiger partial charge in [-0.2, -0.15) is 0 Å². The zero-order chi connectivity index (χ0) is 17.3. The Morgan fingerprint density at radius 2 is 1.83 bits per heavy atom. The summed E-state index contributed by atoms with van der Waals surface area (Å²) in [5.74, 6) is -1.44. The number of nitrogens with zero attached hydrogens (tertiary/aromatic N) is 3. The van der Waals surface area contributed by atoms with Crippen LogP contribution in [0.2, 0.25) is 0 Å². The summed E-state index contributed by atoms with van der Waals surface area (Å²) in [6.45, 7) is 0. The topological polar surface area (TPSA) is 138 Å². The van der Waals surface area contributed by atoms with Crippen molar-refractivity contribution in [3.63, 3.8) is 0 Å². The summed E-state index contributed by atoms with van der Waals surface area (Å²) < 4.78 is 0. The van der Waals surface area contributed by atoms with Crippen LogP contribution in [0.15, 0.2) is 42.7 Å². The molecule has 9 nitrogen and oxygen atoms in total. The summed E-state index contributed by atoms with van der Waals surface area (Å²) in [4.78, 5) is 28.9. The van der Waals surface area contributed by atoms with Crippen molar-refractivity contribution in [2.75, 3.05) is 5.32 Å². The Morgan fingerprint density at radius 1 is 1.12 bits per heavy atom. The first-order valence-corrected chi connectivity index (χ1v) is 6.69. The number of carboxylic acid groups (broad SMARTS) is 1. The second kappa shape index (κ2) is 5.80. The quantitative estimate of drug-likeness (QED) is 0.491. The lowest BCUT2D eigenvalue weighted by Gasteiger charge is -2.10. The molecule has 3 rings (SSSR count). The molecule has 0 fully saturated rings. The number of nitrogens with one attached hydrogen (secondary N) is 1. The average Bonchev–Trinajstić information content (AvgIpc) is 2.55. The van der Waals surface area contributed by atoms with Crippen molar-refractivity contribution in [1.82, 2.24) is 9.97 Å². The summed E-state index contributed by atoms with van der Waals surface area (Å²) in [6.07, 6.45) is 1.04. The Kier molecular flexibility index (Phi) is 3.66. The Bertz CT molecular complexity index is 956. The maximum Gasteiger partial charge on any atom is 0.335 e. The highest BCUT2D eigenvalue weighted by molar-refractivity contribution is 6.01. The van der Waals surface area contributed by atoms with Crippen LogP contribution in [0.5, 0.6) is 5.88 Å². The molecule has 120 valence electrons. The van der Waals surface area contributed by atoms with Crippen LogP contribution in [0.1, 0.15) is 10.4 Å². The number of aromatic carboxylic acids is 1. The molecule has 0 spiro atoms. The minimum Gasteiger partial charge on any atom is -0.493 e. The van der Waals surface area contributed by atoms with Gasteiger partial charge in [0, 0.05) is 11.8 Å². The number of non-ortho nitro benzene ring substituents is 1. The zero-order valence-electron chi connectivity index (χ0n) is 12.0. The molecular weight excluding hydrogens is 316 g/mol. The highest BCUT2D eigenvalue weighted by Crippen LogP contribution is 2.35. The number of aromatic hydroxyl groups is 1. The van der Waals surface area contributed by atoms with E-state index in [2.05, 4.69) is 15.3 Å². The SMILES string of the molecule is O=C(O)c1ccc(Nc2ccc([N+](=O)[O-])c3ncnc(O)c23)cc1. The number of carbonyl (C=O) groups is 1. The molecule has 0 unspecified atom stereocenters. The van der Waals surface area contributed by atoms with Gasteiger partial charge in [0.05, 0.1) is 21.6 Å². The molecule has 0 aliphatic rings. The van der Waals surface area contributed by atoms with E-state index < -0.39 is 16.8 Å². The monoisotopic (exact) mass is 326 g/mol. The first-order valence-electron chi connectivity index (χ1n) is 6.69. The first kappa shape index (κ1) is 15.2. The van der Waals surface area contributed by atoms with Gasteiger partial charge in [0.1, 0.15) is 6.33 Å². The number of carboxylic acids is 1. The lowest BCUT2D eigenvalue weighted by Crippen LogP contribution is -1.99. The second-order valence-electron chi connectivity index (χ2n) is 4.82. The van der Waals surface area contributed by atoms with Gasteiger partial charge < -0.3 is 15.5 Å². The van der Waals surface area contributed by atoms with Gasteiger partial charge >= 0.3 is 5.97 Å². The van der Waals surface area contributed by atoms with Gasteiger partial charge in [-0.05, 0) is 30.3 Å². The fourth-order valence-electron chi connectivity index (χ4n) is 2.25. The number of fused-ring (bicyclic) bond motifs is 1. The molecule has 0 radical (unpaired) electrons. The number of aromatic nitrogens is 2. The van der Waals surface area contributed by atoms with Crippen molar-refractivity contribution in [3.05, 3.63) is 58.4 Å². The van der Waals surface area contributed by atoms with Crippen molar-refractivity contribution in [3.8, 4) is 5.88 Å². The molecule has 3 N–H and O–H groups in total. The molecule has 9 heteroatoms. The van der Waals surface area contributed by atoms with E-state index in [0.29, 0.717) is 11.4 Å². The highest BCUT2D eigenvalue weighted by Gasteiger charge is 2.19. The number of rotatable bonds is 4. The van der Waals surface area contributed by atoms with Gasteiger partial charge in [0.25, 0.3) is 5.69 Å². The molecule has 0 saturated heterocycles. The molecule has 0 aliphatic carbocycles. The summed E-state index contributed by atoms with van der Waals surface area (Å²) >= 11 is 0. The zero-order valence-corrected chi connectivity index (χ0v) is 12.0. The molecule has 3 aromatic rings. The Balaban J connectivity index is 2.08. The van der Waals surface area contributed by atoms with Crippen LogP contribution in [0, 0.1) is 10.1 Å². The second-order valence-corrected chi connectivity index (χ2v) is 4.82. The maximum absolute atomic E-state index is 11.1. The third-order valence-electron chi connectivity index (χ3n) is 3.35. The Labute approximate surface area is 134 Å². The van der Waals surface area contributed by atoms with Gasteiger partial charge in [-0.1, -0.05) is 0 Å². The largest absolute Gasteiger partial charge is 0.493 e. The van der Waals surface area contributed by atoms with E-state index in [-0.39, 0.29) is 22.2 Å². The summed E-state index contributed by atoms with van der Waals surface area (Å²) in [5.41, 5.74) is 0.768. The first-order chi connectivity index (χ1) is 11.5. The summed E-state index contributed by atoms with van der Waals surface area (Å²) in [7, 11) is 0. The smallest absolute Gasteiger partial charge is 0.335 e. The van der Waals surface area contributed by atoms with Crippen LogP contribution in [0.3, 0.4) is 0 Å². The number of nitro groups is 1. The Morgan fingerprint density at radius 3 is 2.46 bits per heavy atom. The van der Waals surface area contributed by atoms with Crippen LogP contribution in [0.4, 0.5) is 17.1 Å². The van der Waals surface area contributed by atoms with Crippen molar-refractivity contribution in [2.24, 2.45) is 0 Å². The molecule has 0 aliphatic heterocycles. The van der Waals surface area contributed by atoms with Gasteiger partial charge in [-0.3, -0.25) is 10.1 Å². The molecular formula is C15H10N4O5. The van der Waals surface area contributed by atoms with E-state index in [1.54, 1.807) is 0 Å². The normalized spacial score (nSPS) is 10.5. The van der Waals surface area contributed by atoms with E-state index >= 15 is 0 Å². The summed E-state index contributed by atoms with van der Waals surface area (Å²) in [5, 5.41) is 33.0. The number of nitro benzene ring substituents is 1. The number of benzene rings is 2. The van der Waals surface area contributed by atoms with Crippen molar-refractivity contribution in [1.29, 1.82) is 0 Å². The lowest BCUT2D eigenvalue weighted by atomic mass is 10.1. The van der Waals surface area contributed by atoms with E-state index in [4.69, 9.17) is 5.11 Å². The van der Waals surface area contributed by atoms with Crippen molar-refractivity contribution >= 4 is 33.9 Å². The van der Waals surface area contributed by atoms with Gasteiger partial charge in [0.2, 0.25) is 5.88 Å². The molecule has 24 heavy (non-hydrogen) atoms. The minimum atomic E-state index is -1.05. The molecule has 0 atom stereocenters. The third kappa shape index (κ3) is 2.65. The Hall–Kier alpha value is -3.75. The average molecular weight is 326 g/mol. The third-order valence-corrected chi connectivity index (χ3v) is 3.35. The molecule has 2 aromatic carbocycles. The highest BCUT2D eigenvalue weighted by atomic mass is 16.6. The summed E-state index contributed by atoms with van der Waals surface area (Å²) in [6, 6.07) is 8.59. The predicted molar refractivity (Wildman–Crippen MR) is 84.5 cm³/mol. The molecule has 0 bridgehead atoms. The van der Waals surface area contributed by atoms with Gasteiger partial charge in [0.15, 0.2) is 5.52 Å². The minimum absolute atomic E-state index is 0.000318. The van der Waals surface area contributed by atoms with Gasteiger partial charge in [-0.25, -0.2) is 14.8 Å². The number of anilines is 2. The predicted octanol–water partition coefficient (Wildman–Crippen LogP) is 2.69. The van der Waals surface area contributed by atoms with Crippen molar-refractivity contribution in [2.45, 2.75) is 0 Å². The van der Waals surface area contributed by atoms with E-state index in [1.165, 1.54) is 36.4 Å². The van der Waals surface area contributed by atoms with Crippen molar-refractivity contribution < 1.29 is 19.9 Å². The van der Waals surface area contributed by atoms with E-state index in [9.17, 15) is 20.0 Å². The maximum atomic E-state index is 11.1. The van der Waals surface area contributed by atoms with Crippen LogP contribution in [-0.2, 0) is 0 Å². The van der Waals surface area contributed by atoms with Crippen LogP contribution < -0.4 is 5.32 Å². The van der Waals surface area contributed by atoms with Crippen LogP contribution in [0.25, 0.3) is 10.9 Å². The fraction of sp³-hybridized carbons (Fsp3) is 0. The number of hydrogen-bond donors (Lipinski definition) is 3. The molecule has 0 amide bonds. The van der Waals surface area contributed by atoms with Crippen LogP contribution in [-0.4, -0.2) is 31.1 Å². The number of hydrogen-bond acceptors (Lipinski definition) is 7. The lowest BCUT2D eigenvalue weighted by molar-refractivity contribution is -0.383. The molecule has 0 saturated carbocycles. The standard InChI is InChI=1S/C15H10N4O5/c20-14-12-10(18-9-3-1-8(2-4-9)15(21)22)5-6-11(19(23)24)13(12)16-7-17-14/h1-7,18H,(H,21,22)(H,16,17,20). The van der Waals surface area contributed by atoms with Gasteiger partial charge in [-0.15, -0.1) is 0 Å². The fourth-order valence-corrected chi connectivity index (χ4v) is 2.25. The molecule has 1 heterocycles. The van der Waals surface area contributed by atoms with E-state index in [1.807, 2.05) is 0 Å². The molecule has 1 aromatic heterocycles. The van der Waals surface area contributed by atoms with E-state index in [0.717, 1.165) is 6.33 Å². The van der Waals surface area contributed by atoms with Crippen LogP contribution >= 0.6 is 0 Å².